The summed E-state index contributed by atoms with van der Waals surface area (Å²) >= 11 is 0. The molecule has 0 saturated heterocycles. The number of carboxylic acid groups (broad SMARTS) is 1. The Hall–Kier alpha value is -2.64. The second kappa shape index (κ2) is 6.34. The minimum absolute atomic E-state index is 0.0503. The Morgan fingerprint density at radius 2 is 2.11 bits per heavy atom. The number of nitro groups is 1. The Kier molecular flexibility index (Phi) is 4.81. The van der Waals surface area contributed by atoms with Crippen LogP contribution in [-0.2, 0) is 9.59 Å². The van der Waals surface area contributed by atoms with E-state index < -0.39 is 29.4 Å². The molecule has 19 heavy (non-hydrogen) atoms. The molecule has 1 amide bonds. The van der Waals surface area contributed by atoms with Crippen LogP contribution in [0, 0.1) is 10.1 Å². The van der Waals surface area contributed by atoms with Crippen molar-refractivity contribution >= 4 is 17.6 Å². The van der Waals surface area contributed by atoms with Crippen LogP contribution in [0.15, 0.2) is 24.3 Å². The van der Waals surface area contributed by atoms with Crippen LogP contribution >= 0.6 is 0 Å². The van der Waals surface area contributed by atoms with Gasteiger partial charge in [0.1, 0.15) is 6.04 Å². The summed E-state index contributed by atoms with van der Waals surface area (Å²) in [6.45, 7) is 0.799. The fraction of sp³-hybridized carbons (Fsp3) is 0.273. The molecule has 0 aliphatic heterocycles. The van der Waals surface area contributed by atoms with Crippen LogP contribution in [0.3, 0.4) is 0 Å². The van der Waals surface area contributed by atoms with E-state index >= 15 is 0 Å². The average Bonchev–Trinajstić information content (AvgIpc) is 2.36. The fourth-order valence-electron chi connectivity index (χ4n) is 1.22. The summed E-state index contributed by atoms with van der Waals surface area (Å²) in [5, 5.41) is 21.4. The van der Waals surface area contributed by atoms with E-state index in [2.05, 4.69) is 5.32 Å². The number of hydrogen-bond donors (Lipinski definition) is 2. The lowest BCUT2D eigenvalue weighted by Gasteiger charge is -2.10. The van der Waals surface area contributed by atoms with Crippen molar-refractivity contribution in [1.82, 2.24) is 5.32 Å². The average molecular weight is 268 g/mol. The van der Waals surface area contributed by atoms with Gasteiger partial charge in [-0.2, -0.15) is 0 Å². The van der Waals surface area contributed by atoms with Gasteiger partial charge in [0.15, 0.2) is 12.4 Å². The molecule has 8 nitrogen and oxygen atoms in total. The van der Waals surface area contributed by atoms with Gasteiger partial charge in [0.25, 0.3) is 5.91 Å². The standard InChI is InChI=1S/C11H12N2O6/c1-7(11(15)16)12-10(14)6-19-9-5-3-2-4-8(9)13(17)18/h2-5,7H,6H2,1H3,(H,12,14)(H,15,16)/t7-/m1/s1. The normalized spacial score (nSPS) is 11.4. The summed E-state index contributed by atoms with van der Waals surface area (Å²) in [7, 11) is 0. The first-order chi connectivity index (χ1) is 8.91. The van der Waals surface area contributed by atoms with Crippen molar-refractivity contribution in [3.8, 4) is 5.75 Å². The lowest BCUT2D eigenvalue weighted by molar-refractivity contribution is -0.385. The van der Waals surface area contributed by atoms with Gasteiger partial charge < -0.3 is 15.2 Å². The molecule has 8 heteroatoms. The van der Waals surface area contributed by atoms with Gasteiger partial charge in [-0.25, -0.2) is 0 Å². The first-order valence-corrected chi connectivity index (χ1v) is 5.30. The summed E-state index contributed by atoms with van der Waals surface area (Å²) in [5.41, 5.74) is -0.262. The van der Waals surface area contributed by atoms with Crippen molar-refractivity contribution in [2.24, 2.45) is 0 Å². The Bertz CT molecular complexity index is 502. The van der Waals surface area contributed by atoms with Crippen molar-refractivity contribution in [3.63, 3.8) is 0 Å². The molecule has 0 aliphatic rings. The highest BCUT2D eigenvalue weighted by atomic mass is 16.6. The maximum absolute atomic E-state index is 11.3. The zero-order chi connectivity index (χ0) is 14.4. The van der Waals surface area contributed by atoms with E-state index in [-0.39, 0.29) is 11.4 Å². The number of benzene rings is 1. The van der Waals surface area contributed by atoms with Crippen LogP contribution < -0.4 is 10.1 Å². The van der Waals surface area contributed by atoms with Crippen molar-refractivity contribution < 1.29 is 24.4 Å². The minimum atomic E-state index is -1.18. The number of nitrogens with one attached hydrogen (secondary N) is 1. The molecule has 102 valence electrons. The molecule has 1 rings (SSSR count). The molecule has 0 fully saturated rings. The van der Waals surface area contributed by atoms with Gasteiger partial charge >= 0.3 is 11.7 Å². The maximum Gasteiger partial charge on any atom is 0.325 e. The Morgan fingerprint density at radius 1 is 1.47 bits per heavy atom. The molecule has 1 aromatic rings. The van der Waals surface area contributed by atoms with Crippen molar-refractivity contribution in [2.75, 3.05) is 6.61 Å². The van der Waals surface area contributed by atoms with Crippen LogP contribution in [0.5, 0.6) is 5.75 Å². The summed E-state index contributed by atoms with van der Waals surface area (Å²) in [5.74, 6) is -1.90. The van der Waals surface area contributed by atoms with Gasteiger partial charge in [-0.3, -0.25) is 19.7 Å². The van der Waals surface area contributed by atoms with E-state index in [4.69, 9.17) is 9.84 Å². The van der Waals surface area contributed by atoms with Crippen molar-refractivity contribution in [1.29, 1.82) is 0 Å². The van der Waals surface area contributed by atoms with Crippen molar-refractivity contribution in [2.45, 2.75) is 13.0 Å². The number of ether oxygens (including phenoxy) is 1. The van der Waals surface area contributed by atoms with Crippen LogP contribution in [0.25, 0.3) is 0 Å². The minimum Gasteiger partial charge on any atom is -0.480 e. The third-order valence-electron chi connectivity index (χ3n) is 2.17. The molecule has 1 atom stereocenters. The number of nitro benzene ring substituents is 1. The molecule has 0 saturated carbocycles. The first kappa shape index (κ1) is 14.4. The molecule has 0 heterocycles. The van der Waals surface area contributed by atoms with Gasteiger partial charge in [-0.1, -0.05) is 12.1 Å². The lowest BCUT2D eigenvalue weighted by Crippen LogP contribution is -2.40. The number of carbonyl (C=O) groups is 2. The number of carbonyl (C=O) groups excluding carboxylic acids is 1. The summed E-state index contributed by atoms with van der Waals surface area (Å²) in [6.07, 6.45) is 0. The number of carboxylic acids is 1. The third-order valence-corrected chi connectivity index (χ3v) is 2.17. The highest BCUT2D eigenvalue weighted by Crippen LogP contribution is 2.25. The number of amides is 1. The van der Waals surface area contributed by atoms with Gasteiger partial charge in [-0.15, -0.1) is 0 Å². The van der Waals surface area contributed by atoms with Gasteiger partial charge in [0, 0.05) is 6.07 Å². The lowest BCUT2D eigenvalue weighted by atomic mass is 10.3. The number of aliphatic carboxylic acids is 1. The molecular formula is C11H12N2O6. The summed E-state index contributed by atoms with van der Waals surface area (Å²) < 4.78 is 4.99. The number of nitrogens with zero attached hydrogens (tertiary/aromatic N) is 1. The summed E-state index contributed by atoms with van der Waals surface area (Å²) in [6, 6.07) is 4.54. The largest absolute Gasteiger partial charge is 0.480 e. The number of para-hydroxylation sites is 2. The van der Waals surface area contributed by atoms with E-state index in [1.807, 2.05) is 0 Å². The molecule has 0 spiro atoms. The fourth-order valence-corrected chi connectivity index (χ4v) is 1.22. The van der Waals surface area contributed by atoms with E-state index in [1.165, 1.54) is 31.2 Å². The molecular weight excluding hydrogens is 256 g/mol. The second-order valence-electron chi connectivity index (χ2n) is 3.64. The van der Waals surface area contributed by atoms with Crippen LogP contribution in [0.2, 0.25) is 0 Å². The number of rotatable bonds is 6. The van der Waals surface area contributed by atoms with E-state index in [1.54, 1.807) is 0 Å². The third kappa shape index (κ3) is 4.26. The summed E-state index contributed by atoms with van der Waals surface area (Å²) in [4.78, 5) is 31.9. The quantitative estimate of drug-likeness (QED) is 0.574. The highest BCUT2D eigenvalue weighted by Gasteiger charge is 2.17. The van der Waals surface area contributed by atoms with Gasteiger partial charge in [0.05, 0.1) is 4.92 Å². The van der Waals surface area contributed by atoms with Crippen LogP contribution in [-0.4, -0.2) is 34.6 Å². The maximum atomic E-state index is 11.3. The van der Waals surface area contributed by atoms with Gasteiger partial charge in [-0.05, 0) is 13.0 Å². The molecule has 2 N–H and O–H groups in total. The zero-order valence-electron chi connectivity index (χ0n) is 10.0. The topological polar surface area (TPSA) is 119 Å². The molecule has 0 aromatic heterocycles. The van der Waals surface area contributed by atoms with E-state index in [0.717, 1.165) is 0 Å². The number of hydrogen-bond acceptors (Lipinski definition) is 5. The monoisotopic (exact) mass is 268 g/mol. The van der Waals surface area contributed by atoms with Crippen LogP contribution in [0.1, 0.15) is 6.92 Å². The van der Waals surface area contributed by atoms with Crippen LogP contribution in [0.4, 0.5) is 5.69 Å². The smallest absolute Gasteiger partial charge is 0.325 e. The van der Waals surface area contributed by atoms with Gasteiger partial charge in [0.2, 0.25) is 0 Å². The Labute approximate surface area is 108 Å². The molecule has 0 radical (unpaired) electrons. The second-order valence-corrected chi connectivity index (χ2v) is 3.64. The molecule has 0 unspecified atom stereocenters. The van der Waals surface area contributed by atoms with E-state index in [9.17, 15) is 19.7 Å². The predicted molar refractivity (Wildman–Crippen MR) is 63.8 cm³/mol. The molecule has 0 aliphatic carbocycles. The molecule has 0 bridgehead atoms. The Balaban J connectivity index is 2.60. The predicted octanol–water partition coefficient (Wildman–Crippen LogP) is 0.563. The zero-order valence-corrected chi connectivity index (χ0v) is 10.0. The van der Waals surface area contributed by atoms with Crippen molar-refractivity contribution in [3.05, 3.63) is 34.4 Å². The molecule has 1 aromatic carbocycles. The first-order valence-electron chi connectivity index (χ1n) is 5.30. The SMILES string of the molecule is C[C@@H](NC(=O)COc1ccccc1[N+](=O)[O-])C(=O)O. The Morgan fingerprint density at radius 3 is 2.68 bits per heavy atom. The van der Waals surface area contributed by atoms with E-state index in [0.29, 0.717) is 0 Å². The highest BCUT2D eigenvalue weighted by molar-refractivity contribution is 5.84.